The fourth-order valence-electron chi connectivity index (χ4n) is 1.79. The first kappa shape index (κ1) is 17.8. The van der Waals surface area contributed by atoms with Crippen molar-refractivity contribution in [3.8, 4) is 5.75 Å². The molecule has 0 fully saturated rings. The molecule has 1 aromatic carbocycles. The number of benzene rings is 1. The lowest BCUT2D eigenvalue weighted by atomic mass is 10.2. The van der Waals surface area contributed by atoms with Crippen molar-refractivity contribution >= 4 is 60.9 Å². The Labute approximate surface area is 156 Å². The maximum atomic E-state index is 12.3. The standard InChI is InChI=1S/C15H13Br2N3O2S/c1-8-11(17)4-6-13(18-8)19-15(23)20-14(21)10-7-9(16)3-5-12(10)22-2/h3-7H,1-2H3,(H2,18,19,20,21,23). The van der Waals surface area contributed by atoms with Gasteiger partial charge in [0.2, 0.25) is 0 Å². The van der Waals surface area contributed by atoms with Crippen LogP contribution in [0.2, 0.25) is 0 Å². The largest absolute Gasteiger partial charge is 0.496 e. The van der Waals surface area contributed by atoms with E-state index in [2.05, 4.69) is 47.5 Å². The molecule has 2 aromatic rings. The number of hydrogen-bond donors (Lipinski definition) is 2. The number of ether oxygens (including phenoxy) is 1. The summed E-state index contributed by atoms with van der Waals surface area (Å²) in [7, 11) is 1.51. The summed E-state index contributed by atoms with van der Waals surface area (Å²) < 4.78 is 6.86. The van der Waals surface area contributed by atoms with E-state index in [0.717, 1.165) is 14.6 Å². The predicted octanol–water partition coefficient (Wildman–Crippen LogP) is 4.05. The number of carbonyl (C=O) groups is 1. The van der Waals surface area contributed by atoms with Crippen LogP contribution >= 0.6 is 44.1 Å². The molecule has 2 N–H and O–H groups in total. The second kappa shape index (κ2) is 7.85. The molecule has 2 rings (SSSR count). The fourth-order valence-corrected chi connectivity index (χ4v) is 2.57. The second-order valence-corrected chi connectivity index (χ2v) is 6.69. The summed E-state index contributed by atoms with van der Waals surface area (Å²) in [6, 6.07) is 8.77. The molecular weight excluding hydrogens is 446 g/mol. The molecule has 1 amide bonds. The Morgan fingerprint density at radius 3 is 2.65 bits per heavy atom. The van der Waals surface area contributed by atoms with Gasteiger partial charge >= 0.3 is 0 Å². The third-order valence-electron chi connectivity index (χ3n) is 2.90. The smallest absolute Gasteiger partial charge is 0.261 e. The quantitative estimate of drug-likeness (QED) is 0.679. The fraction of sp³-hybridized carbons (Fsp3) is 0.133. The number of rotatable bonds is 3. The van der Waals surface area contributed by atoms with Crippen LogP contribution < -0.4 is 15.4 Å². The monoisotopic (exact) mass is 457 g/mol. The van der Waals surface area contributed by atoms with Crippen LogP contribution in [0.3, 0.4) is 0 Å². The minimum Gasteiger partial charge on any atom is -0.496 e. The van der Waals surface area contributed by atoms with Crippen LogP contribution in [0.4, 0.5) is 5.82 Å². The van der Waals surface area contributed by atoms with Crippen LogP contribution in [-0.4, -0.2) is 23.1 Å². The first-order valence-corrected chi connectivity index (χ1v) is 8.49. The molecule has 0 aliphatic rings. The molecule has 8 heteroatoms. The maximum Gasteiger partial charge on any atom is 0.261 e. The van der Waals surface area contributed by atoms with Gasteiger partial charge in [0, 0.05) is 8.95 Å². The minimum atomic E-state index is -0.366. The van der Waals surface area contributed by atoms with Gasteiger partial charge in [0.15, 0.2) is 5.11 Å². The number of aromatic nitrogens is 1. The SMILES string of the molecule is COc1ccc(Br)cc1C(=O)NC(=S)Nc1ccc(Br)c(C)n1. The van der Waals surface area contributed by atoms with Crippen LogP contribution in [0.15, 0.2) is 39.3 Å². The molecule has 1 aromatic heterocycles. The van der Waals surface area contributed by atoms with Gasteiger partial charge in [-0.1, -0.05) is 15.9 Å². The maximum absolute atomic E-state index is 12.3. The highest BCUT2D eigenvalue weighted by atomic mass is 79.9. The van der Waals surface area contributed by atoms with E-state index in [1.165, 1.54) is 7.11 Å². The van der Waals surface area contributed by atoms with Gasteiger partial charge in [0.05, 0.1) is 18.4 Å². The van der Waals surface area contributed by atoms with Crippen molar-refractivity contribution < 1.29 is 9.53 Å². The van der Waals surface area contributed by atoms with Gasteiger partial charge < -0.3 is 10.1 Å². The van der Waals surface area contributed by atoms with Gasteiger partial charge in [-0.3, -0.25) is 10.1 Å². The summed E-state index contributed by atoms with van der Waals surface area (Å²) in [6.07, 6.45) is 0. The first-order chi connectivity index (χ1) is 10.9. The molecule has 0 spiro atoms. The highest BCUT2D eigenvalue weighted by molar-refractivity contribution is 9.10. The lowest BCUT2D eigenvalue weighted by Gasteiger charge is -2.12. The zero-order valence-corrected chi connectivity index (χ0v) is 16.3. The number of aryl methyl sites for hydroxylation is 1. The van der Waals surface area contributed by atoms with Crippen LogP contribution in [-0.2, 0) is 0 Å². The Bertz CT molecular complexity index is 768. The van der Waals surface area contributed by atoms with E-state index in [-0.39, 0.29) is 11.0 Å². The van der Waals surface area contributed by atoms with Gasteiger partial charge in [0.1, 0.15) is 11.6 Å². The molecule has 23 heavy (non-hydrogen) atoms. The summed E-state index contributed by atoms with van der Waals surface area (Å²) >= 11 is 11.9. The van der Waals surface area contributed by atoms with Crippen molar-refractivity contribution in [1.82, 2.24) is 10.3 Å². The summed E-state index contributed by atoms with van der Waals surface area (Å²) in [5.74, 6) is 0.651. The number of halogens is 2. The van der Waals surface area contributed by atoms with Crippen LogP contribution in [0.25, 0.3) is 0 Å². The molecule has 0 bridgehead atoms. The van der Waals surface area contributed by atoms with E-state index in [9.17, 15) is 4.79 Å². The topological polar surface area (TPSA) is 63.2 Å². The molecule has 0 atom stereocenters. The number of anilines is 1. The molecule has 0 saturated heterocycles. The molecule has 5 nitrogen and oxygen atoms in total. The van der Waals surface area contributed by atoms with Gasteiger partial charge in [-0.25, -0.2) is 4.98 Å². The van der Waals surface area contributed by atoms with Crippen molar-refractivity contribution in [2.45, 2.75) is 6.92 Å². The van der Waals surface area contributed by atoms with Gasteiger partial charge in [0.25, 0.3) is 5.91 Å². The van der Waals surface area contributed by atoms with E-state index in [0.29, 0.717) is 17.1 Å². The third kappa shape index (κ3) is 4.73. The Balaban J connectivity index is 2.09. The molecule has 120 valence electrons. The van der Waals surface area contributed by atoms with Gasteiger partial charge in [-0.2, -0.15) is 0 Å². The number of pyridine rings is 1. The number of thiocarbonyl (C=S) groups is 1. The van der Waals surface area contributed by atoms with Crippen molar-refractivity contribution in [2.75, 3.05) is 12.4 Å². The van der Waals surface area contributed by atoms with Gasteiger partial charge in [-0.15, -0.1) is 0 Å². The molecule has 0 aliphatic heterocycles. The zero-order valence-electron chi connectivity index (χ0n) is 12.3. The number of amides is 1. The average molecular weight is 459 g/mol. The number of nitrogens with zero attached hydrogens (tertiary/aromatic N) is 1. The van der Waals surface area contributed by atoms with Crippen molar-refractivity contribution in [3.05, 3.63) is 50.5 Å². The molecule has 0 radical (unpaired) electrons. The van der Waals surface area contributed by atoms with Crippen LogP contribution in [0.5, 0.6) is 5.75 Å². The third-order valence-corrected chi connectivity index (χ3v) is 4.43. The minimum absolute atomic E-state index is 0.159. The Morgan fingerprint density at radius 2 is 2.00 bits per heavy atom. The van der Waals surface area contributed by atoms with Crippen molar-refractivity contribution in [1.29, 1.82) is 0 Å². The van der Waals surface area contributed by atoms with E-state index < -0.39 is 0 Å². The number of methoxy groups -OCH3 is 1. The normalized spacial score (nSPS) is 10.1. The predicted molar refractivity (Wildman–Crippen MR) is 101 cm³/mol. The highest BCUT2D eigenvalue weighted by Gasteiger charge is 2.14. The average Bonchev–Trinajstić information content (AvgIpc) is 2.50. The van der Waals surface area contributed by atoms with E-state index in [4.69, 9.17) is 17.0 Å². The summed E-state index contributed by atoms with van der Waals surface area (Å²) in [5.41, 5.74) is 1.20. The number of hydrogen-bond acceptors (Lipinski definition) is 4. The second-order valence-electron chi connectivity index (χ2n) is 4.52. The van der Waals surface area contributed by atoms with E-state index in [1.807, 2.05) is 13.0 Å². The molecule has 0 saturated carbocycles. The highest BCUT2D eigenvalue weighted by Crippen LogP contribution is 2.23. The summed E-state index contributed by atoms with van der Waals surface area (Å²) in [5, 5.41) is 5.65. The Hall–Kier alpha value is -1.51. The Morgan fingerprint density at radius 1 is 1.26 bits per heavy atom. The number of carbonyl (C=O) groups excluding carboxylic acids is 1. The lowest BCUT2D eigenvalue weighted by molar-refractivity contribution is 0.0974. The molecule has 0 aliphatic carbocycles. The van der Waals surface area contributed by atoms with Crippen LogP contribution in [0.1, 0.15) is 16.1 Å². The zero-order chi connectivity index (χ0) is 17.0. The Kier molecular flexibility index (Phi) is 6.09. The summed E-state index contributed by atoms with van der Waals surface area (Å²) in [6.45, 7) is 1.86. The summed E-state index contributed by atoms with van der Waals surface area (Å²) in [4.78, 5) is 16.6. The van der Waals surface area contributed by atoms with Gasteiger partial charge in [-0.05, 0) is 65.4 Å². The molecule has 0 unspecified atom stereocenters. The number of nitrogens with one attached hydrogen (secondary N) is 2. The van der Waals surface area contributed by atoms with Crippen molar-refractivity contribution in [2.24, 2.45) is 0 Å². The van der Waals surface area contributed by atoms with Crippen LogP contribution in [0, 0.1) is 6.92 Å². The van der Waals surface area contributed by atoms with E-state index in [1.54, 1.807) is 24.3 Å². The molecular formula is C15H13Br2N3O2S. The van der Waals surface area contributed by atoms with E-state index >= 15 is 0 Å². The molecule has 1 heterocycles. The first-order valence-electron chi connectivity index (χ1n) is 6.49. The van der Waals surface area contributed by atoms with Crippen molar-refractivity contribution in [3.63, 3.8) is 0 Å². The lowest BCUT2D eigenvalue weighted by Crippen LogP contribution is -2.34.